The SMILES string of the molecule is COc1cccc(OC)c1C(=O)N1CCN(c2ccc(OCc3ccccc3)cc2)CC1. The zero-order valence-corrected chi connectivity index (χ0v) is 18.5. The molecule has 0 aromatic heterocycles. The minimum absolute atomic E-state index is 0.0661. The molecule has 4 rings (SSSR count). The van der Waals surface area contributed by atoms with Crippen LogP contribution in [0, 0.1) is 0 Å². The van der Waals surface area contributed by atoms with Gasteiger partial charge in [-0.15, -0.1) is 0 Å². The van der Waals surface area contributed by atoms with Gasteiger partial charge in [0.1, 0.15) is 29.4 Å². The number of benzene rings is 3. The molecule has 0 unspecified atom stereocenters. The molecule has 1 aliphatic rings. The second kappa shape index (κ2) is 10.1. The van der Waals surface area contributed by atoms with Gasteiger partial charge in [-0.2, -0.15) is 0 Å². The Hall–Kier alpha value is -3.67. The van der Waals surface area contributed by atoms with E-state index >= 15 is 0 Å². The molecule has 1 saturated heterocycles. The minimum atomic E-state index is -0.0661. The molecule has 1 amide bonds. The number of ether oxygens (including phenoxy) is 3. The number of amides is 1. The average Bonchev–Trinajstić information content (AvgIpc) is 2.87. The van der Waals surface area contributed by atoms with E-state index in [1.165, 1.54) is 0 Å². The van der Waals surface area contributed by atoms with Crippen LogP contribution in [0.1, 0.15) is 15.9 Å². The predicted octanol–water partition coefficient (Wildman–Crippen LogP) is 4.25. The van der Waals surface area contributed by atoms with Crippen LogP contribution in [0.3, 0.4) is 0 Å². The Morgan fingerprint density at radius 2 is 1.41 bits per heavy atom. The van der Waals surface area contributed by atoms with E-state index in [4.69, 9.17) is 14.2 Å². The van der Waals surface area contributed by atoms with Gasteiger partial charge < -0.3 is 24.0 Å². The summed E-state index contributed by atoms with van der Waals surface area (Å²) < 4.78 is 16.7. The summed E-state index contributed by atoms with van der Waals surface area (Å²) in [6.07, 6.45) is 0. The van der Waals surface area contributed by atoms with Gasteiger partial charge in [-0.1, -0.05) is 36.4 Å². The second-order valence-electron chi connectivity index (χ2n) is 7.58. The maximum Gasteiger partial charge on any atom is 0.261 e. The van der Waals surface area contributed by atoms with E-state index in [9.17, 15) is 4.79 Å². The second-order valence-corrected chi connectivity index (χ2v) is 7.58. The molecule has 0 aliphatic carbocycles. The van der Waals surface area contributed by atoms with Crippen molar-refractivity contribution in [3.8, 4) is 17.2 Å². The molecule has 0 saturated carbocycles. The largest absolute Gasteiger partial charge is 0.496 e. The summed E-state index contributed by atoms with van der Waals surface area (Å²) >= 11 is 0. The maximum absolute atomic E-state index is 13.2. The summed E-state index contributed by atoms with van der Waals surface area (Å²) in [5.74, 6) is 1.84. The van der Waals surface area contributed by atoms with Crippen molar-refractivity contribution in [2.75, 3.05) is 45.3 Å². The summed E-state index contributed by atoms with van der Waals surface area (Å²) in [5, 5.41) is 0. The van der Waals surface area contributed by atoms with Crippen molar-refractivity contribution in [2.45, 2.75) is 6.61 Å². The van der Waals surface area contributed by atoms with Crippen molar-refractivity contribution in [2.24, 2.45) is 0 Å². The Morgan fingerprint density at radius 1 is 0.781 bits per heavy atom. The smallest absolute Gasteiger partial charge is 0.261 e. The van der Waals surface area contributed by atoms with E-state index in [1.807, 2.05) is 41.3 Å². The Morgan fingerprint density at radius 3 is 2.00 bits per heavy atom. The summed E-state index contributed by atoms with van der Waals surface area (Å²) in [5.41, 5.74) is 2.74. The highest BCUT2D eigenvalue weighted by Crippen LogP contribution is 2.30. The van der Waals surface area contributed by atoms with E-state index in [1.54, 1.807) is 26.4 Å². The van der Waals surface area contributed by atoms with Gasteiger partial charge in [-0.25, -0.2) is 0 Å². The summed E-state index contributed by atoms with van der Waals surface area (Å²) in [7, 11) is 3.13. The van der Waals surface area contributed by atoms with Crippen molar-refractivity contribution in [1.82, 2.24) is 4.90 Å². The molecular weight excluding hydrogens is 404 g/mol. The van der Waals surface area contributed by atoms with Crippen LogP contribution in [0.4, 0.5) is 5.69 Å². The fourth-order valence-corrected chi connectivity index (χ4v) is 3.88. The number of piperazine rings is 1. The van der Waals surface area contributed by atoms with Gasteiger partial charge in [0.15, 0.2) is 0 Å². The zero-order chi connectivity index (χ0) is 22.3. The molecule has 6 heteroatoms. The van der Waals surface area contributed by atoms with Crippen molar-refractivity contribution in [3.05, 3.63) is 83.9 Å². The Labute approximate surface area is 188 Å². The number of carbonyl (C=O) groups is 1. The van der Waals surface area contributed by atoms with Crippen LogP contribution in [-0.2, 0) is 6.61 Å². The highest BCUT2D eigenvalue weighted by atomic mass is 16.5. The van der Waals surface area contributed by atoms with Crippen LogP contribution >= 0.6 is 0 Å². The quantitative estimate of drug-likeness (QED) is 0.559. The molecule has 1 fully saturated rings. The molecule has 6 nitrogen and oxygen atoms in total. The molecule has 0 spiro atoms. The third-order valence-electron chi connectivity index (χ3n) is 5.66. The van der Waals surface area contributed by atoms with E-state index in [2.05, 4.69) is 29.2 Å². The van der Waals surface area contributed by atoms with E-state index < -0.39 is 0 Å². The fourth-order valence-electron chi connectivity index (χ4n) is 3.88. The number of anilines is 1. The molecule has 3 aromatic rings. The van der Waals surface area contributed by atoms with Crippen LogP contribution in [-0.4, -0.2) is 51.2 Å². The molecule has 1 aliphatic heterocycles. The van der Waals surface area contributed by atoms with Crippen LogP contribution < -0.4 is 19.1 Å². The predicted molar refractivity (Wildman–Crippen MR) is 125 cm³/mol. The zero-order valence-electron chi connectivity index (χ0n) is 18.5. The fraction of sp³-hybridized carbons (Fsp3) is 0.269. The van der Waals surface area contributed by atoms with Crippen LogP contribution in [0.5, 0.6) is 17.2 Å². The lowest BCUT2D eigenvalue weighted by atomic mass is 10.1. The normalized spacial score (nSPS) is 13.6. The van der Waals surface area contributed by atoms with E-state index in [0.29, 0.717) is 36.8 Å². The number of methoxy groups -OCH3 is 2. The topological polar surface area (TPSA) is 51.2 Å². The molecule has 0 bridgehead atoms. The maximum atomic E-state index is 13.2. The van der Waals surface area contributed by atoms with Gasteiger partial charge in [-0.05, 0) is 42.0 Å². The standard InChI is InChI=1S/C26H28N2O4/c1-30-23-9-6-10-24(31-2)25(23)26(29)28-17-15-27(16-18-28)21-11-13-22(14-12-21)32-19-20-7-4-3-5-8-20/h3-14H,15-19H2,1-2H3. The molecule has 0 N–H and O–H groups in total. The monoisotopic (exact) mass is 432 g/mol. The number of carbonyl (C=O) groups excluding carboxylic acids is 1. The van der Waals surface area contributed by atoms with Crippen molar-refractivity contribution in [3.63, 3.8) is 0 Å². The molecule has 0 radical (unpaired) electrons. The molecule has 1 heterocycles. The number of hydrogen-bond donors (Lipinski definition) is 0. The first kappa shape index (κ1) is 21.6. The Kier molecular flexibility index (Phi) is 6.80. The van der Waals surface area contributed by atoms with Crippen molar-refractivity contribution < 1.29 is 19.0 Å². The van der Waals surface area contributed by atoms with Crippen molar-refractivity contribution >= 4 is 11.6 Å². The van der Waals surface area contributed by atoms with Gasteiger partial charge >= 0.3 is 0 Å². The molecule has 0 atom stereocenters. The third kappa shape index (κ3) is 4.80. The Bertz CT molecular complexity index is 1010. The number of hydrogen-bond acceptors (Lipinski definition) is 5. The van der Waals surface area contributed by atoms with E-state index in [0.717, 1.165) is 30.1 Å². The van der Waals surface area contributed by atoms with E-state index in [-0.39, 0.29) is 5.91 Å². The summed E-state index contributed by atoms with van der Waals surface area (Å²) in [4.78, 5) is 17.3. The minimum Gasteiger partial charge on any atom is -0.496 e. The molecular formula is C26H28N2O4. The van der Waals surface area contributed by atoms with Gasteiger partial charge in [0.2, 0.25) is 0 Å². The number of rotatable bonds is 7. The summed E-state index contributed by atoms with van der Waals surface area (Å²) in [6.45, 7) is 3.33. The van der Waals surface area contributed by atoms with Gasteiger partial charge in [0.05, 0.1) is 14.2 Å². The highest BCUT2D eigenvalue weighted by Gasteiger charge is 2.27. The Balaban J connectivity index is 1.35. The van der Waals surface area contributed by atoms with Crippen LogP contribution in [0.2, 0.25) is 0 Å². The first-order valence-electron chi connectivity index (χ1n) is 10.7. The first-order chi connectivity index (χ1) is 15.7. The lowest BCUT2D eigenvalue weighted by Gasteiger charge is -2.36. The lowest BCUT2D eigenvalue weighted by Crippen LogP contribution is -2.48. The third-order valence-corrected chi connectivity index (χ3v) is 5.66. The van der Waals surface area contributed by atoms with Gasteiger partial charge in [-0.3, -0.25) is 4.79 Å². The summed E-state index contributed by atoms with van der Waals surface area (Å²) in [6, 6.07) is 23.6. The first-order valence-corrected chi connectivity index (χ1v) is 10.7. The highest BCUT2D eigenvalue weighted by molar-refractivity contribution is 5.99. The molecule has 166 valence electrons. The molecule has 3 aromatic carbocycles. The van der Waals surface area contributed by atoms with Gasteiger partial charge in [0, 0.05) is 31.9 Å². The van der Waals surface area contributed by atoms with Gasteiger partial charge in [0.25, 0.3) is 5.91 Å². The number of nitrogens with zero attached hydrogens (tertiary/aromatic N) is 2. The average molecular weight is 433 g/mol. The van der Waals surface area contributed by atoms with Crippen LogP contribution in [0.15, 0.2) is 72.8 Å². The van der Waals surface area contributed by atoms with Crippen LogP contribution in [0.25, 0.3) is 0 Å². The lowest BCUT2D eigenvalue weighted by molar-refractivity contribution is 0.0740. The molecule has 32 heavy (non-hydrogen) atoms. The van der Waals surface area contributed by atoms with Crippen molar-refractivity contribution in [1.29, 1.82) is 0 Å².